The van der Waals surface area contributed by atoms with Crippen LogP contribution in [0.2, 0.25) is 0 Å². The predicted octanol–water partition coefficient (Wildman–Crippen LogP) is 2.63. The van der Waals surface area contributed by atoms with E-state index in [1.807, 2.05) is 42.5 Å². The quantitative estimate of drug-likeness (QED) is 0.485. The molecule has 5 heteroatoms. The first-order valence-electron chi connectivity index (χ1n) is 6.98. The van der Waals surface area contributed by atoms with Crippen molar-refractivity contribution in [1.82, 2.24) is 0 Å². The Labute approximate surface area is 161 Å². The fraction of sp³-hybridized carbons (Fsp3) is 0.0556. The Kier molecular flexibility index (Phi) is 7.01. The molecule has 2 aromatic carbocycles. The molecule has 0 amide bonds. The molecule has 111 valence electrons. The van der Waals surface area contributed by atoms with E-state index in [0.717, 1.165) is 5.31 Å². The minimum atomic E-state index is -2.15. The molecule has 0 bridgehead atoms. The Morgan fingerprint density at radius 2 is 1.35 bits per heavy atom. The largest absolute Gasteiger partial charge is 0.217 e. The normalized spacial score (nSPS) is 13.4. The zero-order valence-electron chi connectivity index (χ0n) is 12.9. The second-order valence-corrected chi connectivity index (χ2v) is 8.17. The van der Waals surface area contributed by atoms with Crippen molar-refractivity contribution < 1.29 is 8.42 Å². The van der Waals surface area contributed by atoms with Crippen molar-refractivity contribution in [1.29, 1.82) is 0 Å². The molecule has 0 saturated heterocycles. The third-order valence-electron chi connectivity index (χ3n) is 3.46. The molecule has 0 unspecified atom stereocenters. The first-order chi connectivity index (χ1) is 10.8. The minimum Gasteiger partial charge on any atom is -0.184 e. The average molecular weight is 349 g/mol. The van der Waals surface area contributed by atoms with Gasteiger partial charge in [-0.15, -0.1) is 0 Å². The number of rotatable bonds is 3. The van der Waals surface area contributed by atoms with Crippen LogP contribution < -0.4 is 10.6 Å². The van der Waals surface area contributed by atoms with Crippen molar-refractivity contribution in [3.05, 3.63) is 84.2 Å². The van der Waals surface area contributed by atoms with Crippen molar-refractivity contribution >= 4 is 63.2 Å². The van der Waals surface area contributed by atoms with Gasteiger partial charge in [-0.05, 0) is 29.9 Å². The second kappa shape index (κ2) is 8.77. The number of allylic oxidation sites excluding steroid dienone is 4. The summed E-state index contributed by atoms with van der Waals surface area (Å²) in [5.41, 5.74) is 0. The van der Waals surface area contributed by atoms with Gasteiger partial charge in [-0.1, -0.05) is 72.8 Å². The molecule has 0 fully saturated rings. The smallest absolute Gasteiger partial charge is 0.184 e. The molecule has 2 aromatic rings. The Hall–Kier alpha value is -0.960. The standard InChI is InChI=1S/C18H15O2PS.Na/c19-22(20)18-13-7-12-17(14-18)21(15-8-3-1-4-9-15)16-10-5-2-6-11-16;/h1-13H,14H2;. The third kappa shape index (κ3) is 4.53. The molecular weight excluding hydrogens is 334 g/mol. The minimum absolute atomic E-state index is 0. The number of hydrogen-bond acceptors (Lipinski definition) is 2. The van der Waals surface area contributed by atoms with Gasteiger partial charge in [0.25, 0.3) is 0 Å². The molecular formula is C18H15NaO2PS. The van der Waals surface area contributed by atoms with E-state index in [1.54, 1.807) is 6.08 Å². The van der Waals surface area contributed by atoms with Crippen molar-refractivity contribution in [2.75, 3.05) is 0 Å². The average Bonchev–Trinajstić information content (AvgIpc) is 2.57. The van der Waals surface area contributed by atoms with E-state index >= 15 is 0 Å². The van der Waals surface area contributed by atoms with Crippen LogP contribution in [-0.2, 0) is 10.3 Å². The van der Waals surface area contributed by atoms with Gasteiger partial charge in [-0.2, -0.15) is 8.42 Å². The van der Waals surface area contributed by atoms with Gasteiger partial charge in [-0.25, -0.2) is 0 Å². The van der Waals surface area contributed by atoms with Crippen molar-refractivity contribution in [3.8, 4) is 0 Å². The monoisotopic (exact) mass is 349 g/mol. The molecule has 0 atom stereocenters. The first kappa shape index (κ1) is 18.4. The van der Waals surface area contributed by atoms with Gasteiger partial charge in [0.15, 0.2) is 0 Å². The van der Waals surface area contributed by atoms with E-state index in [4.69, 9.17) is 0 Å². The van der Waals surface area contributed by atoms with Crippen molar-refractivity contribution in [3.63, 3.8) is 0 Å². The Bertz CT molecular complexity index is 809. The van der Waals surface area contributed by atoms with Gasteiger partial charge in [-0.3, -0.25) is 0 Å². The molecule has 1 radical (unpaired) electrons. The molecule has 0 heterocycles. The fourth-order valence-electron chi connectivity index (χ4n) is 2.47. The molecule has 0 spiro atoms. The van der Waals surface area contributed by atoms with Crippen LogP contribution in [0, 0.1) is 0 Å². The van der Waals surface area contributed by atoms with Crippen LogP contribution in [0.3, 0.4) is 0 Å². The molecule has 0 aromatic heterocycles. The van der Waals surface area contributed by atoms with Crippen molar-refractivity contribution in [2.24, 2.45) is 0 Å². The Morgan fingerprint density at radius 3 is 1.83 bits per heavy atom. The van der Waals surface area contributed by atoms with Crippen LogP contribution in [-0.4, -0.2) is 42.8 Å². The van der Waals surface area contributed by atoms with Crippen LogP contribution in [0.5, 0.6) is 0 Å². The van der Waals surface area contributed by atoms with Crippen LogP contribution >= 0.6 is 7.92 Å². The number of benzene rings is 2. The summed E-state index contributed by atoms with van der Waals surface area (Å²) in [4.78, 5) is 0.455. The summed E-state index contributed by atoms with van der Waals surface area (Å²) in [6.07, 6.45) is 6.06. The van der Waals surface area contributed by atoms with Gasteiger partial charge >= 0.3 is 0 Å². The molecule has 3 rings (SSSR count). The molecule has 1 aliphatic rings. The summed E-state index contributed by atoms with van der Waals surface area (Å²) in [6, 6.07) is 20.6. The number of hydrogen-bond donors (Lipinski definition) is 0. The van der Waals surface area contributed by atoms with Gasteiger partial charge < -0.3 is 0 Å². The maximum atomic E-state index is 11.3. The summed E-state index contributed by atoms with van der Waals surface area (Å²) in [7, 11) is -2.86. The molecule has 0 aliphatic heterocycles. The molecule has 23 heavy (non-hydrogen) atoms. The van der Waals surface area contributed by atoms with Gasteiger partial charge in [0.2, 0.25) is 10.3 Å². The summed E-state index contributed by atoms with van der Waals surface area (Å²) in [6.45, 7) is 0. The Balaban J connectivity index is 0.00000192. The molecule has 0 saturated carbocycles. The summed E-state index contributed by atoms with van der Waals surface area (Å²) < 4.78 is 22.6. The summed E-state index contributed by atoms with van der Waals surface area (Å²) in [5, 5.41) is 3.64. The van der Waals surface area contributed by atoms with Crippen LogP contribution in [0.15, 0.2) is 84.2 Å². The predicted molar refractivity (Wildman–Crippen MR) is 101 cm³/mol. The maximum absolute atomic E-state index is 11.3. The van der Waals surface area contributed by atoms with Gasteiger partial charge in [0, 0.05) is 36.0 Å². The van der Waals surface area contributed by atoms with E-state index in [9.17, 15) is 8.42 Å². The first-order valence-corrected chi connectivity index (χ1v) is 9.40. The van der Waals surface area contributed by atoms with Crippen LogP contribution in [0.25, 0.3) is 0 Å². The third-order valence-corrected chi connectivity index (χ3v) is 6.68. The fourth-order valence-corrected chi connectivity index (χ4v) is 5.50. The topological polar surface area (TPSA) is 34.1 Å². The zero-order valence-corrected chi connectivity index (χ0v) is 16.6. The summed E-state index contributed by atoms with van der Waals surface area (Å²) in [5.74, 6) is 0. The SMILES string of the molecule is O=S(=O)=C1C=CC=C(P(c2ccccc2)c2ccccc2)C1.[Na]. The van der Waals surface area contributed by atoms with E-state index in [1.165, 1.54) is 10.6 Å². The van der Waals surface area contributed by atoms with E-state index < -0.39 is 18.2 Å². The maximum Gasteiger partial charge on any atom is 0.217 e. The Morgan fingerprint density at radius 1 is 0.826 bits per heavy atom. The summed E-state index contributed by atoms with van der Waals surface area (Å²) >= 11 is 0. The molecule has 2 nitrogen and oxygen atoms in total. The van der Waals surface area contributed by atoms with Crippen LogP contribution in [0.4, 0.5) is 0 Å². The van der Waals surface area contributed by atoms with Crippen molar-refractivity contribution in [2.45, 2.75) is 6.42 Å². The van der Waals surface area contributed by atoms with E-state index in [-0.39, 0.29) is 29.6 Å². The van der Waals surface area contributed by atoms with E-state index in [0.29, 0.717) is 11.3 Å². The second-order valence-electron chi connectivity index (χ2n) is 4.90. The zero-order chi connectivity index (χ0) is 15.4. The van der Waals surface area contributed by atoms with Gasteiger partial charge in [0.1, 0.15) is 0 Å². The van der Waals surface area contributed by atoms with Crippen LogP contribution in [0.1, 0.15) is 6.42 Å². The van der Waals surface area contributed by atoms with Gasteiger partial charge in [0.05, 0.1) is 4.86 Å². The molecule has 0 N–H and O–H groups in total. The van der Waals surface area contributed by atoms with E-state index in [2.05, 4.69) is 30.3 Å². The molecule has 1 aliphatic carbocycles.